The van der Waals surface area contributed by atoms with Crippen molar-refractivity contribution in [1.82, 2.24) is 9.62 Å². The lowest BCUT2D eigenvalue weighted by Crippen LogP contribution is -2.48. The van der Waals surface area contributed by atoms with Crippen molar-refractivity contribution < 1.29 is 13.2 Å². The fourth-order valence-corrected chi connectivity index (χ4v) is 3.39. The molecule has 22 heavy (non-hydrogen) atoms. The van der Waals surface area contributed by atoms with Gasteiger partial charge in [0.2, 0.25) is 5.91 Å². The molecule has 6 nitrogen and oxygen atoms in total. The lowest BCUT2D eigenvalue weighted by molar-refractivity contribution is -0.121. The van der Waals surface area contributed by atoms with Gasteiger partial charge in [0, 0.05) is 24.2 Å². The smallest absolute Gasteiger partial charge is 0.276 e. The Hall–Kier alpha value is -1.15. The number of amides is 1. The van der Waals surface area contributed by atoms with Gasteiger partial charge in [0.05, 0.1) is 6.42 Å². The summed E-state index contributed by atoms with van der Waals surface area (Å²) in [7, 11) is -3.63. The average Bonchev–Trinajstić information content (AvgIpc) is 2.42. The van der Waals surface area contributed by atoms with Crippen molar-refractivity contribution in [3.05, 3.63) is 34.3 Å². The number of carbonyl (C=O) groups is 1. The van der Waals surface area contributed by atoms with Crippen molar-refractivity contribution in [2.24, 2.45) is 5.14 Å². The Morgan fingerprint density at radius 2 is 2.05 bits per heavy atom. The van der Waals surface area contributed by atoms with Crippen LogP contribution in [0.25, 0.3) is 0 Å². The maximum atomic E-state index is 12.0. The van der Waals surface area contributed by atoms with Gasteiger partial charge in [-0.25, -0.2) is 5.14 Å². The Bertz CT molecular complexity index is 655. The van der Waals surface area contributed by atoms with Gasteiger partial charge in [0.15, 0.2) is 0 Å². The van der Waals surface area contributed by atoms with Crippen molar-refractivity contribution in [3.8, 4) is 0 Å². The van der Waals surface area contributed by atoms with E-state index in [1.54, 1.807) is 6.07 Å². The van der Waals surface area contributed by atoms with E-state index in [9.17, 15) is 13.2 Å². The molecule has 2 rings (SSSR count). The van der Waals surface area contributed by atoms with Crippen LogP contribution in [0.1, 0.15) is 24.0 Å². The molecule has 1 heterocycles. The van der Waals surface area contributed by atoms with Gasteiger partial charge < -0.3 is 5.32 Å². The molecule has 1 aliphatic rings. The highest BCUT2D eigenvalue weighted by Crippen LogP contribution is 2.17. The number of nitrogens with zero attached hydrogens (tertiary/aromatic N) is 1. The summed E-state index contributed by atoms with van der Waals surface area (Å²) >= 11 is 6.04. The minimum absolute atomic E-state index is 0.0218. The molecule has 1 aromatic carbocycles. The zero-order valence-corrected chi connectivity index (χ0v) is 14.0. The summed E-state index contributed by atoms with van der Waals surface area (Å²) in [6, 6.07) is 5.53. The zero-order valence-electron chi connectivity index (χ0n) is 12.4. The van der Waals surface area contributed by atoms with E-state index in [0.29, 0.717) is 31.0 Å². The second-order valence-corrected chi connectivity index (χ2v) is 7.50. The molecule has 1 aliphatic heterocycles. The maximum absolute atomic E-state index is 12.0. The van der Waals surface area contributed by atoms with E-state index in [2.05, 4.69) is 5.32 Å². The molecular formula is C14H20ClN3O3S. The second-order valence-electron chi connectivity index (χ2n) is 5.55. The number of benzene rings is 1. The lowest BCUT2D eigenvalue weighted by Gasteiger charge is -2.30. The number of aryl methyl sites for hydroxylation is 1. The molecule has 0 spiro atoms. The Balaban J connectivity index is 1.84. The molecule has 122 valence electrons. The molecule has 0 atom stereocenters. The first-order valence-corrected chi connectivity index (χ1v) is 8.96. The summed E-state index contributed by atoms with van der Waals surface area (Å²) in [5.41, 5.74) is 1.83. The van der Waals surface area contributed by atoms with Crippen LogP contribution in [-0.2, 0) is 21.4 Å². The van der Waals surface area contributed by atoms with Crippen LogP contribution in [0.2, 0.25) is 5.02 Å². The van der Waals surface area contributed by atoms with Gasteiger partial charge >= 0.3 is 0 Å². The first-order valence-electron chi connectivity index (χ1n) is 7.08. The molecule has 1 saturated heterocycles. The molecule has 0 bridgehead atoms. The molecule has 8 heteroatoms. The fraction of sp³-hybridized carbons (Fsp3) is 0.500. The third-order valence-corrected chi connectivity index (χ3v) is 5.27. The van der Waals surface area contributed by atoms with Crippen molar-refractivity contribution in [2.45, 2.75) is 32.2 Å². The normalized spacial score (nSPS) is 17.4. The van der Waals surface area contributed by atoms with Crippen LogP contribution in [-0.4, -0.2) is 37.8 Å². The van der Waals surface area contributed by atoms with E-state index in [1.165, 1.54) is 4.31 Å². The third-order valence-electron chi connectivity index (χ3n) is 3.78. The summed E-state index contributed by atoms with van der Waals surface area (Å²) in [4.78, 5) is 12.0. The monoisotopic (exact) mass is 345 g/mol. The minimum atomic E-state index is -3.63. The number of rotatable bonds is 4. The van der Waals surface area contributed by atoms with Crippen LogP contribution >= 0.6 is 11.6 Å². The third kappa shape index (κ3) is 4.67. The first kappa shape index (κ1) is 17.2. The van der Waals surface area contributed by atoms with Gasteiger partial charge in [0.25, 0.3) is 10.2 Å². The predicted octanol–water partition coefficient (Wildman–Crippen LogP) is 0.975. The largest absolute Gasteiger partial charge is 0.353 e. The second kappa shape index (κ2) is 6.95. The van der Waals surface area contributed by atoms with Crippen LogP contribution in [0.4, 0.5) is 0 Å². The van der Waals surface area contributed by atoms with E-state index >= 15 is 0 Å². The van der Waals surface area contributed by atoms with Gasteiger partial charge in [-0.1, -0.05) is 23.7 Å². The summed E-state index contributed by atoms with van der Waals surface area (Å²) in [5, 5.41) is 8.66. The summed E-state index contributed by atoms with van der Waals surface area (Å²) in [6.45, 7) is 2.58. The summed E-state index contributed by atoms with van der Waals surface area (Å²) in [6.07, 6.45) is 1.39. The molecule has 1 amide bonds. The van der Waals surface area contributed by atoms with Crippen molar-refractivity contribution in [3.63, 3.8) is 0 Å². The molecule has 0 saturated carbocycles. The summed E-state index contributed by atoms with van der Waals surface area (Å²) in [5.74, 6) is -0.0889. The quantitative estimate of drug-likeness (QED) is 0.851. The van der Waals surface area contributed by atoms with Gasteiger partial charge in [0.1, 0.15) is 0 Å². The number of nitrogens with two attached hydrogens (primary N) is 1. The van der Waals surface area contributed by atoms with Gasteiger partial charge in [-0.2, -0.15) is 12.7 Å². The van der Waals surface area contributed by atoms with Crippen LogP contribution in [0.3, 0.4) is 0 Å². The first-order chi connectivity index (χ1) is 10.3. The van der Waals surface area contributed by atoms with Crippen LogP contribution < -0.4 is 10.5 Å². The molecule has 0 unspecified atom stereocenters. The lowest BCUT2D eigenvalue weighted by atomic mass is 10.1. The molecule has 3 N–H and O–H groups in total. The topological polar surface area (TPSA) is 92.5 Å². The fourth-order valence-electron chi connectivity index (χ4n) is 2.47. The number of nitrogens with one attached hydrogen (secondary N) is 1. The zero-order chi connectivity index (χ0) is 16.3. The Morgan fingerprint density at radius 1 is 1.41 bits per heavy atom. The molecule has 1 fully saturated rings. The van der Waals surface area contributed by atoms with Crippen LogP contribution in [0.5, 0.6) is 0 Å². The number of hydrogen-bond donors (Lipinski definition) is 2. The average molecular weight is 346 g/mol. The molecule has 1 aromatic rings. The standard InChI is InChI=1S/C14H20ClN3O3S/c1-10-2-3-11(8-13(10)15)9-14(19)17-12-4-6-18(7-5-12)22(16,20)21/h2-3,8,12H,4-7,9H2,1H3,(H,17,19)(H2,16,20,21). The molecule has 0 radical (unpaired) electrons. The van der Waals surface area contributed by atoms with Gasteiger partial charge in [-0.3, -0.25) is 4.79 Å². The van der Waals surface area contributed by atoms with Crippen LogP contribution in [0.15, 0.2) is 18.2 Å². The number of halogens is 1. The van der Waals surface area contributed by atoms with Gasteiger partial charge in [-0.15, -0.1) is 0 Å². The highest BCUT2D eigenvalue weighted by atomic mass is 35.5. The van der Waals surface area contributed by atoms with Crippen molar-refractivity contribution >= 4 is 27.7 Å². The Labute approximate surface area is 135 Å². The Morgan fingerprint density at radius 3 is 2.59 bits per heavy atom. The van der Waals surface area contributed by atoms with E-state index in [-0.39, 0.29) is 18.4 Å². The molecular weight excluding hydrogens is 326 g/mol. The highest BCUT2D eigenvalue weighted by molar-refractivity contribution is 7.86. The molecule has 0 aliphatic carbocycles. The van der Waals surface area contributed by atoms with Crippen molar-refractivity contribution in [2.75, 3.05) is 13.1 Å². The minimum Gasteiger partial charge on any atom is -0.353 e. The van der Waals surface area contributed by atoms with E-state index in [4.69, 9.17) is 16.7 Å². The van der Waals surface area contributed by atoms with E-state index in [0.717, 1.165) is 11.1 Å². The van der Waals surface area contributed by atoms with Crippen molar-refractivity contribution in [1.29, 1.82) is 0 Å². The molecule has 0 aromatic heterocycles. The number of piperidine rings is 1. The number of hydrogen-bond acceptors (Lipinski definition) is 3. The van der Waals surface area contributed by atoms with E-state index < -0.39 is 10.2 Å². The predicted molar refractivity (Wildman–Crippen MR) is 85.7 cm³/mol. The maximum Gasteiger partial charge on any atom is 0.276 e. The van der Waals surface area contributed by atoms with Crippen LogP contribution in [0, 0.1) is 6.92 Å². The van der Waals surface area contributed by atoms with E-state index in [1.807, 2.05) is 19.1 Å². The SMILES string of the molecule is Cc1ccc(CC(=O)NC2CCN(S(N)(=O)=O)CC2)cc1Cl. The number of carbonyl (C=O) groups excluding carboxylic acids is 1. The Kier molecular flexibility index (Phi) is 5.44. The van der Waals surface area contributed by atoms with Gasteiger partial charge in [-0.05, 0) is 37.0 Å². The summed E-state index contributed by atoms with van der Waals surface area (Å²) < 4.78 is 23.7. The highest BCUT2D eigenvalue weighted by Gasteiger charge is 2.26.